The first-order valence-electron chi connectivity index (χ1n) is 5.27. The van der Waals surface area contributed by atoms with Gasteiger partial charge in [0.2, 0.25) is 5.91 Å². The molecule has 0 unspecified atom stereocenters. The summed E-state index contributed by atoms with van der Waals surface area (Å²) in [6.07, 6.45) is -4.50. The van der Waals surface area contributed by atoms with Crippen molar-refractivity contribution in [3.05, 3.63) is 23.0 Å². The summed E-state index contributed by atoms with van der Waals surface area (Å²) in [5.74, 6) is -1.59. The van der Waals surface area contributed by atoms with Crippen LogP contribution in [0, 0.1) is 0 Å². The zero-order chi connectivity index (χ0) is 15.3. The minimum atomic E-state index is -4.50. The first-order valence-corrected chi connectivity index (χ1v) is 5.65. The van der Waals surface area contributed by atoms with Gasteiger partial charge >= 0.3 is 6.18 Å². The number of alkyl halides is 3. The molecule has 0 radical (unpaired) electrons. The molecule has 110 valence electrons. The van der Waals surface area contributed by atoms with Gasteiger partial charge in [0.25, 0.3) is 5.91 Å². The van der Waals surface area contributed by atoms with Crippen LogP contribution < -0.4 is 5.32 Å². The first-order chi connectivity index (χ1) is 9.19. The Labute approximate surface area is 116 Å². The molecule has 0 fully saturated rings. The van der Waals surface area contributed by atoms with Gasteiger partial charge in [0.05, 0.1) is 6.54 Å². The molecule has 0 aromatic carbocycles. The van der Waals surface area contributed by atoms with E-state index in [1.165, 1.54) is 19.2 Å². The number of amides is 2. The van der Waals surface area contributed by atoms with Crippen LogP contribution in [0.15, 0.2) is 12.1 Å². The second kappa shape index (κ2) is 6.51. The van der Waals surface area contributed by atoms with Crippen LogP contribution in [0.2, 0.25) is 5.15 Å². The lowest BCUT2D eigenvalue weighted by atomic mass is 10.3. The average Bonchev–Trinajstić information content (AvgIpc) is 2.35. The van der Waals surface area contributed by atoms with Crippen LogP contribution in [0.5, 0.6) is 0 Å². The minimum Gasteiger partial charge on any atom is -0.345 e. The van der Waals surface area contributed by atoms with Gasteiger partial charge in [-0.05, 0) is 12.1 Å². The van der Waals surface area contributed by atoms with E-state index in [-0.39, 0.29) is 10.8 Å². The number of likely N-dealkylation sites (N-methyl/N-ethyl adjacent to an activating group) is 1. The molecule has 1 aromatic rings. The number of nitrogens with zero attached hydrogens (tertiary/aromatic N) is 3. The van der Waals surface area contributed by atoms with Crippen molar-refractivity contribution in [1.29, 1.82) is 0 Å². The van der Waals surface area contributed by atoms with Crippen LogP contribution in [0.25, 0.3) is 0 Å². The summed E-state index contributed by atoms with van der Waals surface area (Å²) >= 11 is 5.50. The van der Waals surface area contributed by atoms with E-state index in [0.29, 0.717) is 0 Å². The lowest BCUT2D eigenvalue weighted by molar-refractivity contribution is -0.138. The van der Waals surface area contributed by atoms with E-state index < -0.39 is 31.1 Å². The van der Waals surface area contributed by atoms with E-state index in [9.17, 15) is 22.8 Å². The van der Waals surface area contributed by atoms with Gasteiger partial charge in [-0.3, -0.25) is 9.59 Å². The maximum atomic E-state index is 11.9. The Kier molecular flexibility index (Phi) is 5.26. The van der Waals surface area contributed by atoms with E-state index in [1.54, 1.807) is 5.32 Å². The number of aromatic nitrogens is 2. The van der Waals surface area contributed by atoms with Crippen molar-refractivity contribution in [1.82, 2.24) is 20.4 Å². The van der Waals surface area contributed by atoms with Gasteiger partial charge in [0.1, 0.15) is 6.54 Å². The van der Waals surface area contributed by atoms with Crippen LogP contribution in [0.4, 0.5) is 13.2 Å². The van der Waals surface area contributed by atoms with Crippen molar-refractivity contribution in [2.75, 3.05) is 20.1 Å². The normalized spacial score (nSPS) is 11.1. The summed E-state index contributed by atoms with van der Waals surface area (Å²) in [6, 6.07) is 2.63. The van der Waals surface area contributed by atoms with Crippen molar-refractivity contribution in [3.63, 3.8) is 0 Å². The summed E-state index contributed by atoms with van der Waals surface area (Å²) in [7, 11) is 1.26. The lowest BCUT2D eigenvalue weighted by Crippen LogP contribution is -2.41. The Bertz CT molecular complexity index is 492. The van der Waals surface area contributed by atoms with Crippen molar-refractivity contribution >= 4 is 23.4 Å². The molecule has 0 bridgehead atoms. The highest BCUT2D eigenvalue weighted by atomic mass is 35.5. The van der Waals surface area contributed by atoms with Crippen LogP contribution in [-0.2, 0) is 4.79 Å². The fourth-order valence-electron chi connectivity index (χ4n) is 1.17. The van der Waals surface area contributed by atoms with Gasteiger partial charge in [-0.25, -0.2) is 0 Å². The van der Waals surface area contributed by atoms with E-state index in [4.69, 9.17) is 11.6 Å². The minimum absolute atomic E-state index is 0.0690. The van der Waals surface area contributed by atoms with Gasteiger partial charge in [-0.15, -0.1) is 10.2 Å². The molecule has 10 heteroatoms. The third-order valence-corrected chi connectivity index (χ3v) is 2.27. The lowest BCUT2D eigenvalue weighted by Gasteiger charge is -2.16. The number of rotatable bonds is 4. The summed E-state index contributed by atoms with van der Waals surface area (Å²) in [5, 5.41) is 8.70. The zero-order valence-electron chi connectivity index (χ0n) is 10.2. The molecule has 0 spiro atoms. The molecule has 1 heterocycles. The maximum Gasteiger partial charge on any atom is 0.405 e. The number of hydrogen-bond donors (Lipinski definition) is 1. The molecule has 0 aliphatic rings. The number of carbonyl (C=O) groups is 2. The van der Waals surface area contributed by atoms with Gasteiger partial charge in [-0.1, -0.05) is 11.6 Å². The Morgan fingerprint density at radius 1 is 1.35 bits per heavy atom. The summed E-state index contributed by atoms with van der Waals surface area (Å²) in [4.78, 5) is 23.9. The molecule has 20 heavy (non-hydrogen) atoms. The first kappa shape index (κ1) is 16.2. The quantitative estimate of drug-likeness (QED) is 0.896. The van der Waals surface area contributed by atoms with Gasteiger partial charge in [0.15, 0.2) is 10.8 Å². The van der Waals surface area contributed by atoms with E-state index >= 15 is 0 Å². The molecule has 0 aliphatic carbocycles. The largest absolute Gasteiger partial charge is 0.405 e. The predicted octanol–water partition coefficient (Wildman–Crippen LogP) is 0.880. The molecule has 1 aromatic heterocycles. The van der Waals surface area contributed by atoms with Crippen LogP contribution >= 0.6 is 11.6 Å². The van der Waals surface area contributed by atoms with Gasteiger partial charge in [-0.2, -0.15) is 13.2 Å². The summed E-state index contributed by atoms with van der Waals surface area (Å²) in [6.45, 7) is -1.98. The molecule has 2 amide bonds. The molecule has 0 aliphatic heterocycles. The standard InChI is InChI=1S/C10H10ClF3N4O2/c1-18(4-8(19)15-5-10(12,13)14)9(20)6-2-3-7(11)17-16-6/h2-3H,4-5H2,1H3,(H,15,19). The third kappa shape index (κ3) is 5.39. The third-order valence-electron chi connectivity index (χ3n) is 2.06. The molecule has 1 N–H and O–H groups in total. The molecule has 0 saturated carbocycles. The molecular formula is C10H10ClF3N4O2. The topological polar surface area (TPSA) is 75.2 Å². The van der Waals surface area contributed by atoms with Crippen LogP contribution in [-0.4, -0.2) is 53.2 Å². The monoisotopic (exact) mass is 310 g/mol. The Morgan fingerprint density at radius 3 is 2.50 bits per heavy atom. The van der Waals surface area contributed by atoms with E-state index in [0.717, 1.165) is 4.90 Å². The fourth-order valence-corrected chi connectivity index (χ4v) is 1.27. The molecular weight excluding hydrogens is 301 g/mol. The SMILES string of the molecule is CN(CC(=O)NCC(F)(F)F)C(=O)c1ccc(Cl)nn1. The second-order valence-corrected chi connectivity index (χ2v) is 4.18. The zero-order valence-corrected chi connectivity index (χ0v) is 11.0. The van der Waals surface area contributed by atoms with E-state index in [2.05, 4.69) is 10.2 Å². The molecule has 0 atom stereocenters. The van der Waals surface area contributed by atoms with Gasteiger partial charge in [0, 0.05) is 7.05 Å². The highest BCUT2D eigenvalue weighted by molar-refractivity contribution is 6.29. The highest BCUT2D eigenvalue weighted by Gasteiger charge is 2.28. The summed E-state index contributed by atoms with van der Waals surface area (Å²) < 4.78 is 35.7. The van der Waals surface area contributed by atoms with Gasteiger partial charge < -0.3 is 10.2 Å². The Hall–Kier alpha value is -1.90. The van der Waals surface area contributed by atoms with E-state index in [1.807, 2.05) is 0 Å². The average molecular weight is 311 g/mol. The highest BCUT2D eigenvalue weighted by Crippen LogP contribution is 2.12. The molecule has 0 saturated heterocycles. The summed E-state index contributed by atoms with van der Waals surface area (Å²) in [5.41, 5.74) is -0.0690. The predicted molar refractivity (Wildman–Crippen MR) is 63.1 cm³/mol. The molecule has 1 rings (SSSR count). The Balaban J connectivity index is 2.53. The van der Waals surface area contributed by atoms with Crippen LogP contribution in [0.1, 0.15) is 10.5 Å². The number of carbonyl (C=O) groups excluding carboxylic acids is 2. The fraction of sp³-hybridized carbons (Fsp3) is 0.400. The Morgan fingerprint density at radius 2 is 2.00 bits per heavy atom. The molecule has 6 nitrogen and oxygen atoms in total. The van der Waals surface area contributed by atoms with Crippen molar-refractivity contribution in [2.45, 2.75) is 6.18 Å². The van der Waals surface area contributed by atoms with Crippen molar-refractivity contribution in [3.8, 4) is 0 Å². The number of nitrogens with one attached hydrogen (secondary N) is 1. The smallest absolute Gasteiger partial charge is 0.345 e. The number of halogens is 4. The number of hydrogen-bond acceptors (Lipinski definition) is 4. The second-order valence-electron chi connectivity index (χ2n) is 3.79. The van der Waals surface area contributed by atoms with Crippen molar-refractivity contribution < 1.29 is 22.8 Å². The van der Waals surface area contributed by atoms with Crippen LogP contribution in [0.3, 0.4) is 0 Å². The van der Waals surface area contributed by atoms with Crippen molar-refractivity contribution in [2.24, 2.45) is 0 Å². The maximum absolute atomic E-state index is 11.9.